The fourth-order valence-corrected chi connectivity index (χ4v) is 12.3. The lowest BCUT2D eigenvalue weighted by atomic mass is 9.93. The van der Waals surface area contributed by atoms with Crippen molar-refractivity contribution in [2.75, 3.05) is 39.3 Å². The van der Waals surface area contributed by atoms with Crippen LogP contribution in [0.3, 0.4) is 0 Å². The number of carbonyl (C=O) groups excluding carboxylic acids is 2. The van der Waals surface area contributed by atoms with Gasteiger partial charge >= 0.3 is 0 Å². The summed E-state index contributed by atoms with van der Waals surface area (Å²) in [5, 5.41) is 28.6. The van der Waals surface area contributed by atoms with Gasteiger partial charge in [-0.1, -0.05) is 67.8 Å². The lowest BCUT2D eigenvalue weighted by Gasteiger charge is -2.32. The molecule has 3 atom stereocenters. The second-order valence-corrected chi connectivity index (χ2v) is 23.2. The average molecular weight is 1220 g/mol. The van der Waals surface area contributed by atoms with Gasteiger partial charge < -0.3 is 29.3 Å². The summed E-state index contributed by atoms with van der Waals surface area (Å²) in [6.07, 6.45) is 14.6. The summed E-state index contributed by atoms with van der Waals surface area (Å²) in [7, 11) is 0. The second kappa shape index (κ2) is 28.2. The maximum atomic E-state index is 12.1. The van der Waals surface area contributed by atoms with Crippen LogP contribution in [0.15, 0.2) is 226 Å². The molecule has 3 unspecified atom stereocenters. The third kappa shape index (κ3) is 14.0. The summed E-state index contributed by atoms with van der Waals surface area (Å²) in [4.78, 5) is 43.0. The van der Waals surface area contributed by atoms with E-state index < -0.39 is 0 Å². The van der Waals surface area contributed by atoms with E-state index in [0.29, 0.717) is 19.0 Å². The normalized spacial score (nSPS) is 16.4. The van der Waals surface area contributed by atoms with Gasteiger partial charge in [0, 0.05) is 100 Å². The number of aromatic nitrogens is 9. The summed E-state index contributed by atoms with van der Waals surface area (Å²) in [6, 6.07) is 59.5. The van der Waals surface area contributed by atoms with Crippen LogP contribution in [-0.4, -0.2) is 106 Å². The first-order valence-electron chi connectivity index (χ1n) is 31.3. The molecule has 6 aromatic heterocycles. The van der Waals surface area contributed by atoms with E-state index in [2.05, 4.69) is 79.4 Å². The molecule has 3 aliphatic rings. The third-order valence-electron chi connectivity index (χ3n) is 17.0. The number of nitrogens with zero attached hydrogens (tertiary/aromatic N) is 8. The zero-order valence-electron chi connectivity index (χ0n) is 51.0. The molecule has 15 rings (SSSR count). The third-order valence-corrected chi connectivity index (χ3v) is 17.0. The van der Waals surface area contributed by atoms with Gasteiger partial charge in [-0.3, -0.25) is 39.8 Å². The van der Waals surface area contributed by atoms with E-state index in [4.69, 9.17) is 29.2 Å². The van der Waals surface area contributed by atoms with Gasteiger partial charge in [-0.15, -0.1) is 0 Å². The van der Waals surface area contributed by atoms with Crippen LogP contribution in [0.2, 0.25) is 0 Å². The van der Waals surface area contributed by atoms with Crippen molar-refractivity contribution in [3.8, 4) is 68.3 Å². The highest BCUT2D eigenvalue weighted by molar-refractivity contribution is 5.94. The molecule has 17 nitrogen and oxygen atoms in total. The zero-order chi connectivity index (χ0) is 62.6. The predicted octanol–water partition coefficient (Wildman–Crippen LogP) is 15.5. The first-order chi connectivity index (χ1) is 45.3. The topological polar surface area (TPSA) is 205 Å². The number of ether oxygens (including phenoxy) is 3. The Kier molecular flexibility index (Phi) is 18.4. The predicted molar refractivity (Wildman–Crippen MR) is 360 cm³/mol. The molecule has 17 heteroatoms. The van der Waals surface area contributed by atoms with Gasteiger partial charge in [-0.25, -0.2) is 0 Å². The van der Waals surface area contributed by atoms with Crippen molar-refractivity contribution < 1.29 is 23.8 Å². The van der Waals surface area contributed by atoms with Crippen LogP contribution in [0.5, 0.6) is 34.5 Å². The fourth-order valence-electron chi connectivity index (χ4n) is 12.3. The standard InChI is InChI=1S/2C26H24N4O2.C23H22N4O/c2*1-2-24(31)30-14-6-7-19(17-30)23-15-20-16-27-29-26(20)25(28-23)18-10-12-22(13-11-18)32-21-8-4-3-5-9-21;1-2-6-19(7-3-1)28-20-10-8-16(9-11-20)22-23-18(15-25-27-23)13-21(26-22)17-5-4-12-24-14-17/h2*2-5,8-13,15-16,19H,1,6-7,14,17H2,(H,27,29);1-3,6-11,13,15,17,24H,4-5,12,14H2,(H,25,27). The molecule has 92 heavy (non-hydrogen) atoms. The number of rotatable bonds is 14. The Labute approximate surface area is 533 Å². The highest BCUT2D eigenvalue weighted by atomic mass is 16.5. The van der Waals surface area contributed by atoms with E-state index in [9.17, 15) is 9.59 Å². The number of aromatic amines is 3. The van der Waals surface area contributed by atoms with Crippen LogP contribution in [0.4, 0.5) is 0 Å². The van der Waals surface area contributed by atoms with E-state index in [1.165, 1.54) is 25.0 Å². The molecule has 0 saturated carbocycles. The van der Waals surface area contributed by atoms with Crippen LogP contribution < -0.4 is 19.5 Å². The van der Waals surface area contributed by atoms with E-state index in [1.54, 1.807) is 0 Å². The van der Waals surface area contributed by atoms with Crippen LogP contribution >= 0.6 is 0 Å². The summed E-state index contributed by atoms with van der Waals surface area (Å²) in [6.45, 7) is 12.2. The van der Waals surface area contributed by atoms with Crippen molar-refractivity contribution in [3.63, 3.8) is 0 Å². The lowest BCUT2D eigenvalue weighted by molar-refractivity contribution is -0.127. The molecule has 0 bridgehead atoms. The van der Waals surface area contributed by atoms with Crippen molar-refractivity contribution in [3.05, 3.63) is 243 Å². The number of H-pyrrole nitrogens is 3. The molecule has 0 aliphatic carbocycles. The Bertz CT molecular complexity index is 4270. The van der Waals surface area contributed by atoms with E-state index in [1.807, 2.05) is 180 Å². The Balaban J connectivity index is 0.000000126. The quantitative estimate of drug-likeness (QED) is 0.0751. The van der Waals surface area contributed by atoms with Crippen LogP contribution in [0.25, 0.3) is 66.5 Å². The number of para-hydroxylation sites is 3. The molecule has 3 saturated heterocycles. The summed E-state index contributed by atoms with van der Waals surface area (Å²) >= 11 is 0. The fraction of sp³-hybridized carbons (Fsp3) is 0.200. The molecule has 4 N–H and O–H groups in total. The maximum absolute atomic E-state index is 12.1. The first kappa shape index (κ1) is 59.9. The summed E-state index contributed by atoms with van der Waals surface area (Å²) in [5.41, 5.74) is 11.6. The van der Waals surface area contributed by atoms with Crippen molar-refractivity contribution in [1.82, 2.24) is 60.7 Å². The minimum atomic E-state index is -0.0201. The summed E-state index contributed by atoms with van der Waals surface area (Å²) in [5.74, 6) is 5.55. The number of fused-ring (bicyclic) bond motifs is 3. The molecule has 2 amide bonds. The number of amides is 2. The smallest absolute Gasteiger partial charge is 0.245 e. The van der Waals surface area contributed by atoms with E-state index in [0.717, 1.165) is 170 Å². The van der Waals surface area contributed by atoms with Crippen molar-refractivity contribution in [2.45, 2.75) is 56.3 Å². The monoisotopic (exact) mass is 1220 g/mol. The maximum Gasteiger partial charge on any atom is 0.245 e. The van der Waals surface area contributed by atoms with Crippen molar-refractivity contribution in [2.24, 2.45) is 0 Å². The Morgan fingerprint density at radius 1 is 0.424 bits per heavy atom. The minimum Gasteiger partial charge on any atom is -0.457 e. The van der Waals surface area contributed by atoms with Gasteiger partial charge in [-0.2, -0.15) is 15.3 Å². The number of benzene rings is 6. The first-order valence-corrected chi connectivity index (χ1v) is 31.3. The molecule has 0 spiro atoms. The molecule has 6 aromatic carbocycles. The number of pyridine rings is 3. The van der Waals surface area contributed by atoms with E-state index in [-0.39, 0.29) is 23.7 Å². The number of hydrogen-bond donors (Lipinski definition) is 4. The van der Waals surface area contributed by atoms with Gasteiger partial charge in [0.25, 0.3) is 0 Å². The molecule has 12 aromatic rings. The van der Waals surface area contributed by atoms with Crippen LogP contribution in [0.1, 0.15) is 73.4 Å². The summed E-state index contributed by atoms with van der Waals surface area (Å²) < 4.78 is 17.8. The van der Waals surface area contributed by atoms with Crippen molar-refractivity contribution >= 4 is 44.5 Å². The SMILES string of the molecule is C=CC(=O)N1CCCC(c2cc3cn[nH]c3c(-c3ccc(Oc4ccccc4)cc3)n2)C1.C=CC(=O)N1CCCC(c2cc3cn[nH]c3c(-c3ccc(Oc4ccccc4)cc3)n2)C1.c1ccc(Oc2ccc(-c3nc(C4CCCNC4)cc4cn[nH]c34)cc2)cc1. The van der Waals surface area contributed by atoms with Crippen LogP contribution in [-0.2, 0) is 9.59 Å². The molecular formula is C75H70N12O5. The molecule has 3 aliphatic heterocycles. The van der Waals surface area contributed by atoms with Gasteiger partial charge in [0.2, 0.25) is 11.8 Å². The highest BCUT2D eigenvalue weighted by Gasteiger charge is 2.28. The van der Waals surface area contributed by atoms with Gasteiger partial charge in [-0.05, 0) is 185 Å². The van der Waals surface area contributed by atoms with Gasteiger partial charge in [0.1, 0.15) is 34.5 Å². The molecule has 9 heterocycles. The number of hydrogen-bond acceptors (Lipinski definition) is 12. The average Bonchev–Trinajstić information content (AvgIpc) is 1.56. The largest absolute Gasteiger partial charge is 0.457 e. The zero-order valence-corrected chi connectivity index (χ0v) is 51.0. The Morgan fingerprint density at radius 2 is 0.750 bits per heavy atom. The number of nitrogens with one attached hydrogen (secondary N) is 4. The molecule has 460 valence electrons. The van der Waals surface area contributed by atoms with Gasteiger partial charge in [0.05, 0.1) is 52.2 Å². The lowest BCUT2D eigenvalue weighted by Crippen LogP contribution is -2.38. The van der Waals surface area contributed by atoms with Gasteiger partial charge in [0.15, 0.2) is 0 Å². The minimum absolute atomic E-state index is 0.0201. The highest BCUT2D eigenvalue weighted by Crippen LogP contribution is 2.37. The molecular weight excluding hydrogens is 1150 g/mol. The van der Waals surface area contributed by atoms with E-state index >= 15 is 0 Å². The molecule has 0 radical (unpaired) electrons. The Morgan fingerprint density at radius 3 is 1.08 bits per heavy atom. The number of carbonyl (C=O) groups is 2. The Hall–Kier alpha value is -11.0. The van der Waals surface area contributed by atoms with Crippen LogP contribution in [0, 0.1) is 0 Å². The van der Waals surface area contributed by atoms with Crippen molar-refractivity contribution in [1.29, 1.82) is 0 Å². The second-order valence-electron chi connectivity index (χ2n) is 23.2. The number of piperidine rings is 3. The molecule has 3 fully saturated rings. The number of likely N-dealkylation sites (tertiary alicyclic amines) is 2.